The van der Waals surface area contributed by atoms with Crippen LogP contribution in [0.15, 0.2) is 59.1 Å². The number of nitrogens with zero attached hydrogens (tertiary/aromatic N) is 3. The van der Waals surface area contributed by atoms with Crippen molar-refractivity contribution in [3.63, 3.8) is 0 Å². The van der Waals surface area contributed by atoms with Gasteiger partial charge in [0.05, 0.1) is 23.3 Å². The van der Waals surface area contributed by atoms with Crippen LogP contribution in [0.2, 0.25) is 6.82 Å². The molecule has 1 radical (unpaired) electrons. The Labute approximate surface area is 219 Å². The fraction of sp³-hybridized carbons (Fsp3) is 0.269. The second kappa shape index (κ2) is 11.8. The van der Waals surface area contributed by atoms with Gasteiger partial charge in [0.2, 0.25) is 0 Å². The first-order valence-corrected chi connectivity index (χ1v) is 11.7. The van der Waals surface area contributed by atoms with E-state index in [2.05, 4.69) is 20.3 Å². The molecular weight excluding hydrogens is 504 g/mol. The fourth-order valence-corrected chi connectivity index (χ4v) is 3.37. The lowest BCUT2D eigenvalue weighted by Gasteiger charge is -2.18. The van der Waals surface area contributed by atoms with Crippen molar-refractivity contribution in [2.75, 3.05) is 5.32 Å². The number of hydrogen-bond acceptors (Lipinski definition) is 6. The highest BCUT2D eigenvalue weighted by Gasteiger charge is 2.21. The van der Waals surface area contributed by atoms with Crippen molar-refractivity contribution in [1.82, 2.24) is 15.0 Å². The zero-order valence-corrected chi connectivity index (χ0v) is 21.8. The van der Waals surface area contributed by atoms with Crippen molar-refractivity contribution in [2.45, 2.75) is 46.7 Å². The lowest BCUT2D eigenvalue weighted by molar-refractivity contribution is 0.0739. The standard InChI is InChI=1S/C26H26BClF3N4O2/c1-14-11-33-24(18-7-6-8-21(35-18)26(3,4)36)22(31)23(14)34-15(2)9-20(25(28)27-5)37-13-19-17(30)10-16(29)12-32-19/h6-12,36H,13H2,1-5H3,(H,33,34)/b15-9-,25-20-. The van der Waals surface area contributed by atoms with Gasteiger partial charge in [-0.15, -0.1) is 0 Å². The monoisotopic (exact) mass is 529 g/mol. The minimum absolute atomic E-state index is 0.0109. The molecular formula is C26H26BClF3N4O2. The topological polar surface area (TPSA) is 80.2 Å². The highest BCUT2D eigenvalue weighted by Crippen LogP contribution is 2.30. The summed E-state index contributed by atoms with van der Waals surface area (Å²) in [4.78, 5) is 12.5. The van der Waals surface area contributed by atoms with Crippen molar-refractivity contribution in [2.24, 2.45) is 0 Å². The molecule has 3 heterocycles. The average molecular weight is 530 g/mol. The Morgan fingerprint density at radius 2 is 1.95 bits per heavy atom. The molecule has 6 nitrogen and oxygen atoms in total. The molecule has 3 aromatic heterocycles. The lowest BCUT2D eigenvalue weighted by Crippen LogP contribution is -2.17. The van der Waals surface area contributed by atoms with Crippen LogP contribution in [0.3, 0.4) is 0 Å². The molecule has 2 N–H and O–H groups in total. The van der Waals surface area contributed by atoms with Crippen molar-refractivity contribution >= 4 is 24.6 Å². The van der Waals surface area contributed by atoms with Crippen LogP contribution in [0.25, 0.3) is 11.4 Å². The number of aromatic nitrogens is 3. The number of hydrogen-bond donors (Lipinski definition) is 2. The third-order valence-corrected chi connectivity index (χ3v) is 5.64. The summed E-state index contributed by atoms with van der Waals surface area (Å²) >= 11 is 6.27. The van der Waals surface area contributed by atoms with Crippen LogP contribution in [0, 0.1) is 24.4 Å². The fourth-order valence-electron chi connectivity index (χ4n) is 3.26. The molecule has 0 amide bonds. The van der Waals surface area contributed by atoms with E-state index in [0.717, 1.165) is 6.20 Å². The van der Waals surface area contributed by atoms with E-state index in [1.807, 2.05) is 0 Å². The van der Waals surface area contributed by atoms with Gasteiger partial charge >= 0.3 is 0 Å². The van der Waals surface area contributed by atoms with Crippen LogP contribution in [-0.2, 0) is 16.9 Å². The first-order valence-electron chi connectivity index (χ1n) is 11.3. The Morgan fingerprint density at radius 1 is 1.22 bits per heavy atom. The molecule has 0 fully saturated rings. The summed E-state index contributed by atoms with van der Waals surface area (Å²) in [5, 5.41) is 13.3. The van der Waals surface area contributed by atoms with E-state index in [4.69, 9.17) is 16.3 Å². The first-order chi connectivity index (χ1) is 17.4. The Bertz CT molecular complexity index is 1360. The first kappa shape index (κ1) is 28.2. The maximum Gasteiger partial charge on any atom is 0.174 e. The zero-order valence-electron chi connectivity index (χ0n) is 21.0. The van der Waals surface area contributed by atoms with E-state index in [0.29, 0.717) is 23.0 Å². The number of halogens is 4. The van der Waals surface area contributed by atoms with Crippen molar-refractivity contribution in [3.05, 3.63) is 93.5 Å². The molecule has 0 atom stereocenters. The molecule has 0 aromatic carbocycles. The Morgan fingerprint density at radius 3 is 2.59 bits per heavy atom. The van der Waals surface area contributed by atoms with E-state index >= 15 is 4.39 Å². The van der Waals surface area contributed by atoms with Crippen LogP contribution < -0.4 is 5.32 Å². The van der Waals surface area contributed by atoms with Crippen LogP contribution in [-0.4, -0.2) is 27.3 Å². The Balaban J connectivity index is 1.90. The van der Waals surface area contributed by atoms with E-state index in [-0.39, 0.29) is 40.1 Å². The number of aryl methyl sites for hydroxylation is 1. The largest absolute Gasteiger partial charge is 0.487 e. The predicted molar refractivity (Wildman–Crippen MR) is 138 cm³/mol. The van der Waals surface area contributed by atoms with E-state index < -0.39 is 23.1 Å². The third-order valence-electron chi connectivity index (χ3n) is 5.23. The van der Waals surface area contributed by atoms with Crippen molar-refractivity contribution in [1.29, 1.82) is 0 Å². The maximum absolute atomic E-state index is 15.6. The molecule has 193 valence electrons. The molecule has 0 spiro atoms. The molecule has 0 bridgehead atoms. The Kier molecular flexibility index (Phi) is 8.99. The number of ether oxygens (including phenoxy) is 1. The second-order valence-electron chi connectivity index (χ2n) is 8.77. The maximum atomic E-state index is 15.6. The summed E-state index contributed by atoms with van der Waals surface area (Å²) in [6.07, 6.45) is 3.92. The zero-order chi connectivity index (χ0) is 27.3. The average Bonchev–Trinajstić information content (AvgIpc) is 2.84. The quantitative estimate of drug-likeness (QED) is 0.196. The van der Waals surface area contributed by atoms with Gasteiger partial charge in [-0.2, -0.15) is 0 Å². The minimum Gasteiger partial charge on any atom is -0.487 e. The van der Waals surface area contributed by atoms with Gasteiger partial charge in [-0.1, -0.05) is 24.5 Å². The summed E-state index contributed by atoms with van der Waals surface area (Å²) in [7, 11) is 1.58. The molecule has 11 heteroatoms. The van der Waals surface area contributed by atoms with Gasteiger partial charge in [0, 0.05) is 22.9 Å². The summed E-state index contributed by atoms with van der Waals surface area (Å²) in [6.45, 7) is 7.93. The van der Waals surface area contributed by atoms with E-state index in [1.165, 1.54) is 12.3 Å². The van der Waals surface area contributed by atoms with Gasteiger partial charge in [-0.3, -0.25) is 9.97 Å². The molecule has 0 saturated heterocycles. The van der Waals surface area contributed by atoms with Gasteiger partial charge in [-0.05, 0) is 51.5 Å². The molecule has 37 heavy (non-hydrogen) atoms. The number of aliphatic hydroxyl groups is 1. The van der Waals surface area contributed by atoms with Gasteiger partial charge in [0.15, 0.2) is 18.9 Å². The highest BCUT2D eigenvalue weighted by atomic mass is 35.5. The summed E-state index contributed by atoms with van der Waals surface area (Å²) < 4.78 is 48.3. The molecule has 0 unspecified atom stereocenters. The van der Waals surface area contributed by atoms with Gasteiger partial charge in [0.25, 0.3) is 0 Å². The number of allylic oxidation sites excluding steroid dienone is 2. The minimum atomic E-state index is -1.21. The summed E-state index contributed by atoms with van der Waals surface area (Å²) in [5.41, 5.74) is 0.505. The molecule has 3 rings (SSSR count). The normalized spacial score (nSPS) is 12.8. The molecule has 0 aliphatic carbocycles. The third kappa shape index (κ3) is 7.11. The van der Waals surface area contributed by atoms with Crippen LogP contribution in [0.4, 0.5) is 18.9 Å². The number of rotatable bonds is 9. The van der Waals surface area contributed by atoms with Crippen molar-refractivity contribution < 1.29 is 23.0 Å². The number of pyridine rings is 3. The number of nitrogens with one attached hydrogen (secondary N) is 1. The van der Waals surface area contributed by atoms with Gasteiger partial charge in [-0.25, -0.2) is 18.2 Å². The smallest absolute Gasteiger partial charge is 0.174 e. The predicted octanol–water partition coefficient (Wildman–Crippen LogP) is 6.18. The van der Waals surface area contributed by atoms with Crippen LogP contribution >= 0.6 is 11.6 Å². The van der Waals surface area contributed by atoms with Crippen molar-refractivity contribution in [3.8, 4) is 11.4 Å². The lowest BCUT2D eigenvalue weighted by atomic mass is 9.81. The molecule has 0 aliphatic heterocycles. The van der Waals surface area contributed by atoms with Gasteiger partial charge < -0.3 is 15.2 Å². The molecule has 3 aromatic rings. The van der Waals surface area contributed by atoms with Crippen LogP contribution in [0.5, 0.6) is 0 Å². The molecule has 0 aliphatic rings. The molecule has 0 saturated carbocycles. The second-order valence-corrected chi connectivity index (χ2v) is 9.18. The summed E-state index contributed by atoms with van der Waals surface area (Å²) in [5.74, 6) is -2.11. The van der Waals surface area contributed by atoms with Gasteiger partial charge in [0.1, 0.15) is 35.2 Å². The highest BCUT2D eigenvalue weighted by molar-refractivity contribution is 6.63. The Hall–Kier alpha value is -3.37. The number of anilines is 1. The van der Waals surface area contributed by atoms with Crippen LogP contribution in [0.1, 0.15) is 37.7 Å². The van der Waals surface area contributed by atoms with E-state index in [1.54, 1.807) is 60.0 Å². The summed E-state index contributed by atoms with van der Waals surface area (Å²) in [6, 6.07) is 5.64. The van der Waals surface area contributed by atoms with E-state index in [9.17, 15) is 13.9 Å². The SMILES string of the molecule is C[B]/C(Cl)=C(\C=C(\C)Nc1c(C)cnc(-c2cccc(C(C)(C)O)n2)c1F)OCc1ncc(F)cc1F.